The lowest BCUT2D eigenvalue weighted by Crippen LogP contribution is -2.57. The Hall–Kier alpha value is -2.57. The molecule has 0 aromatic carbocycles. The molecule has 2 amide bonds. The van der Waals surface area contributed by atoms with Crippen LogP contribution in [-0.4, -0.2) is 57.5 Å². The molecule has 2 aliphatic rings. The van der Waals surface area contributed by atoms with Crippen LogP contribution in [0.5, 0.6) is 0 Å². The molecule has 4 rings (SSSR count). The van der Waals surface area contributed by atoms with E-state index in [1.807, 2.05) is 28.9 Å². The maximum absolute atomic E-state index is 12.6. The third-order valence-corrected chi connectivity index (χ3v) is 5.56. The van der Waals surface area contributed by atoms with Crippen LogP contribution in [0.4, 0.5) is 0 Å². The number of furan rings is 1. The number of aryl methyl sites for hydroxylation is 1. The fraction of sp³-hybridized carbons (Fsp3) is 0.526. The topological polar surface area (TPSA) is 82.4 Å². The molecule has 7 heteroatoms. The molecule has 0 saturated carbocycles. The van der Waals surface area contributed by atoms with Crippen molar-refractivity contribution in [2.45, 2.75) is 38.6 Å². The van der Waals surface area contributed by atoms with Crippen molar-refractivity contribution in [1.82, 2.24) is 20.0 Å². The van der Waals surface area contributed by atoms with Crippen molar-refractivity contribution in [3.8, 4) is 0 Å². The summed E-state index contributed by atoms with van der Waals surface area (Å²) < 4.78 is 5.64. The highest BCUT2D eigenvalue weighted by molar-refractivity contribution is 5.92. The molecule has 0 bridgehead atoms. The number of likely N-dealkylation sites (tertiary alicyclic amines) is 2. The van der Waals surface area contributed by atoms with Gasteiger partial charge in [-0.1, -0.05) is 0 Å². The lowest BCUT2D eigenvalue weighted by molar-refractivity contribution is -0.140. The van der Waals surface area contributed by atoms with Gasteiger partial charge in [0.05, 0.1) is 0 Å². The summed E-state index contributed by atoms with van der Waals surface area (Å²) in [6.45, 7) is 3.98. The number of nitrogens with one attached hydrogen (secondary N) is 1. The Morgan fingerprint density at radius 1 is 1.35 bits per heavy atom. The van der Waals surface area contributed by atoms with Crippen LogP contribution in [0.1, 0.15) is 41.3 Å². The Balaban J connectivity index is 1.41. The Morgan fingerprint density at radius 3 is 2.96 bits per heavy atom. The second-order valence-electron chi connectivity index (χ2n) is 7.23. The van der Waals surface area contributed by atoms with Gasteiger partial charge in [0.1, 0.15) is 17.2 Å². The summed E-state index contributed by atoms with van der Waals surface area (Å²) >= 11 is 0. The molecule has 26 heavy (non-hydrogen) atoms. The van der Waals surface area contributed by atoms with Crippen molar-refractivity contribution in [3.05, 3.63) is 41.6 Å². The Kier molecular flexibility index (Phi) is 4.53. The van der Waals surface area contributed by atoms with Crippen molar-refractivity contribution < 1.29 is 14.0 Å². The number of aromatic amines is 1. The van der Waals surface area contributed by atoms with E-state index in [9.17, 15) is 9.59 Å². The first-order chi connectivity index (χ1) is 12.6. The van der Waals surface area contributed by atoms with Gasteiger partial charge < -0.3 is 14.2 Å². The zero-order valence-corrected chi connectivity index (χ0v) is 15.0. The van der Waals surface area contributed by atoms with Gasteiger partial charge >= 0.3 is 0 Å². The zero-order chi connectivity index (χ0) is 18.1. The van der Waals surface area contributed by atoms with Crippen LogP contribution < -0.4 is 0 Å². The highest BCUT2D eigenvalue weighted by Crippen LogP contribution is 2.32. The van der Waals surface area contributed by atoms with Crippen LogP contribution >= 0.6 is 0 Å². The number of fused-ring (bicyclic) bond motifs is 1. The molecule has 7 nitrogen and oxygen atoms in total. The van der Waals surface area contributed by atoms with Crippen LogP contribution in [0.15, 0.2) is 28.8 Å². The van der Waals surface area contributed by atoms with Crippen molar-refractivity contribution in [3.63, 3.8) is 0 Å². The number of aromatic nitrogens is 2. The van der Waals surface area contributed by atoms with Crippen LogP contribution in [0.2, 0.25) is 0 Å². The van der Waals surface area contributed by atoms with E-state index in [-0.39, 0.29) is 17.9 Å². The lowest BCUT2D eigenvalue weighted by atomic mass is 9.83. The van der Waals surface area contributed by atoms with E-state index in [0.717, 1.165) is 30.8 Å². The smallest absolute Gasteiger partial charge is 0.271 e. The largest absolute Gasteiger partial charge is 0.466 e. The van der Waals surface area contributed by atoms with E-state index in [2.05, 4.69) is 10.2 Å². The average molecular weight is 356 g/mol. The molecule has 2 atom stereocenters. The lowest BCUT2D eigenvalue weighted by Gasteiger charge is -2.47. The normalized spacial score (nSPS) is 23.2. The number of carbonyl (C=O) groups excluding carboxylic acids is 2. The van der Waals surface area contributed by atoms with Gasteiger partial charge in [-0.05, 0) is 43.9 Å². The maximum atomic E-state index is 12.6. The van der Waals surface area contributed by atoms with Crippen molar-refractivity contribution in [2.75, 3.05) is 19.6 Å². The molecule has 2 fully saturated rings. The first-order valence-electron chi connectivity index (χ1n) is 9.25. The van der Waals surface area contributed by atoms with Gasteiger partial charge in [0.25, 0.3) is 5.91 Å². The molecule has 0 unspecified atom stereocenters. The number of H-pyrrole nitrogens is 1. The van der Waals surface area contributed by atoms with Gasteiger partial charge in [0.2, 0.25) is 5.91 Å². The monoisotopic (exact) mass is 356 g/mol. The number of hydrogen-bond acceptors (Lipinski definition) is 4. The first-order valence-corrected chi connectivity index (χ1v) is 9.25. The number of carbonyl (C=O) groups is 2. The SMILES string of the molecule is Cc1ccc(CCN2C(=O)CC[C@@H]3CN(C(=O)c4ccn[nH]4)CC[C@@H]32)o1. The number of nitrogens with zero attached hydrogens (tertiary/aromatic N) is 3. The van der Waals surface area contributed by atoms with Gasteiger partial charge in [-0.25, -0.2) is 0 Å². The Morgan fingerprint density at radius 2 is 2.23 bits per heavy atom. The average Bonchev–Trinajstić information content (AvgIpc) is 3.32. The molecule has 2 aromatic heterocycles. The van der Waals surface area contributed by atoms with Crippen LogP contribution in [-0.2, 0) is 11.2 Å². The molecule has 138 valence electrons. The number of amides is 2. The van der Waals surface area contributed by atoms with Gasteiger partial charge in [-0.15, -0.1) is 0 Å². The van der Waals surface area contributed by atoms with Crippen molar-refractivity contribution in [1.29, 1.82) is 0 Å². The molecule has 4 heterocycles. The minimum absolute atomic E-state index is 0.00420. The molecular formula is C19H24N4O3. The van der Waals surface area contributed by atoms with E-state index in [4.69, 9.17) is 4.42 Å². The van der Waals surface area contributed by atoms with Crippen LogP contribution in [0.3, 0.4) is 0 Å². The van der Waals surface area contributed by atoms with Crippen molar-refractivity contribution in [2.24, 2.45) is 5.92 Å². The summed E-state index contributed by atoms with van der Waals surface area (Å²) in [4.78, 5) is 28.9. The van der Waals surface area contributed by atoms with Crippen LogP contribution in [0.25, 0.3) is 0 Å². The summed E-state index contributed by atoms with van der Waals surface area (Å²) in [5.74, 6) is 2.38. The molecule has 0 radical (unpaired) electrons. The fourth-order valence-electron chi connectivity index (χ4n) is 4.22. The molecule has 0 aliphatic carbocycles. The second kappa shape index (κ2) is 6.97. The highest BCUT2D eigenvalue weighted by Gasteiger charge is 2.40. The third kappa shape index (κ3) is 3.25. The van der Waals surface area contributed by atoms with Crippen LogP contribution in [0, 0.1) is 12.8 Å². The van der Waals surface area contributed by atoms with Crippen molar-refractivity contribution >= 4 is 11.8 Å². The summed E-state index contributed by atoms with van der Waals surface area (Å²) in [6, 6.07) is 5.86. The van der Waals surface area contributed by atoms with Gasteiger partial charge in [0.15, 0.2) is 0 Å². The highest BCUT2D eigenvalue weighted by atomic mass is 16.3. The van der Waals surface area contributed by atoms with Gasteiger partial charge in [-0.2, -0.15) is 5.10 Å². The van der Waals surface area contributed by atoms with E-state index < -0.39 is 0 Å². The fourth-order valence-corrected chi connectivity index (χ4v) is 4.22. The second-order valence-corrected chi connectivity index (χ2v) is 7.23. The predicted octanol–water partition coefficient (Wildman–Crippen LogP) is 2.01. The van der Waals surface area contributed by atoms with E-state index in [1.165, 1.54) is 0 Å². The number of piperidine rings is 2. The molecule has 2 saturated heterocycles. The van der Waals surface area contributed by atoms with Gasteiger partial charge in [0, 0.05) is 44.7 Å². The summed E-state index contributed by atoms with van der Waals surface area (Å²) in [7, 11) is 0. The predicted molar refractivity (Wildman–Crippen MR) is 94.5 cm³/mol. The van der Waals surface area contributed by atoms with E-state index >= 15 is 0 Å². The summed E-state index contributed by atoms with van der Waals surface area (Å²) in [5, 5.41) is 6.61. The number of hydrogen-bond donors (Lipinski definition) is 1. The Bertz CT molecular complexity index is 783. The van der Waals surface area contributed by atoms with E-state index in [1.54, 1.807) is 12.3 Å². The third-order valence-electron chi connectivity index (χ3n) is 5.56. The molecule has 2 aliphatic heterocycles. The summed E-state index contributed by atoms with van der Waals surface area (Å²) in [5.41, 5.74) is 0.528. The van der Waals surface area contributed by atoms with Gasteiger partial charge in [-0.3, -0.25) is 14.7 Å². The zero-order valence-electron chi connectivity index (χ0n) is 15.0. The first kappa shape index (κ1) is 16.9. The summed E-state index contributed by atoms with van der Waals surface area (Å²) in [6.07, 6.45) is 4.57. The molecule has 0 spiro atoms. The standard InChI is InChI=1S/C19H24N4O3/c1-13-2-4-15(26-13)7-11-23-17-8-10-22(12-14(17)3-5-18(23)24)19(25)16-6-9-20-21-16/h2,4,6,9,14,17H,3,5,7-8,10-12H2,1H3,(H,20,21)/t14-,17+/m1/s1. The molecule has 2 aromatic rings. The quantitative estimate of drug-likeness (QED) is 0.908. The van der Waals surface area contributed by atoms with E-state index in [0.29, 0.717) is 37.7 Å². The molecule has 1 N–H and O–H groups in total. The minimum Gasteiger partial charge on any atom is -0.466 e. The number of rotatable bonds is 4. The maximum Gasteiger partial charge on any atom is 0.271 e. The minimum atomic E-state index is -0.00420. The Labute approximate surface area is 152 Å². The molecular weight excluding hydrogens is 332 g/mol.